The van der Waals surface area contributed by atoms with Crippen LogP contribution in [-0.2, 0) is 16.1 Å². The number of aromatic nitrogens is 3. The van der Waals surface area contributed by atoms with E-state index in [4.69, 9.17) is 9.47 Å². The molecule has 4 rings (SSSR count). The van der Waals surface area contributed by atoms with Crippen molar-refractivity contribution in [1.29, 1.82) is 0 Å². The molecule has 1 fully saturated rings. The highest BCUT2D eigenvalue weighted by molar-refractivity contribution is 6.46. The summed E-state index contributed by atoms with van der Waals surface area (Å²) in [5.74, 6) is -0.0347. The van der Waals surface area contributed by atoms with Crippen molar-refractivity contribution in [2.24, 2.45) is 5.92 Å². The van der Waals surface area contributed by atoms with Crippen molar-refractivity contribution >= 4 is 17.4 Å². The maximum Gasteiger partial charge on any atom is 0.295 e. The van der Waals surface area contributed by atoms with E-state index in [1.165, 1.54) is 17.3 Å². The van der Waals surface area contributed by atoms with Gasteiger partial charge >= 0.3 is 0 Å². The van der Waals surface area contributed by atoms with E-state index in [0.717, 1.165) is 6.42 Å². The lowest BCUT2D eigenvalue weighted by Gasteiger charge is -2.26. The van der Waals surface area contributed by atoms with E-state index in [9.17, 15) is 14.7 Å². The Labute approximate surface area is 216 Å². The van der Waals surface area contributed by atoms with Crippen molar-refractivity contribution < 1.29 is 24.2 Å². The number of benzene rings is 1. The van der Waals surface area contributed by atoms with Crippen LogP contribution >= 0.6 is 0 Å². The monoisotopic (exact) mass is 504 g/mol. The fourth-order valence-corrected chi connectivity index (χ4v) is 4.34. The summed E-state index contributed by atoms with van der Waals surface area (Å²) in [6.07, 6.45) is 9.79. The first-order chi connectivity index (χ1) is 17.9. The predicted molar refractivity (Wildman–Crippen MR) is 138 cm³/mol. The predicted octanol–water partition coefficient (Wildman–Crippen LogP) is 4.22. The largest absolute Gasteiger partial charge is 0.507 e. The number of rotatable bonds is 11. The molecule has 1 unspecified atom stereocenters. The molecule has 3 aromatic rings. The molecule has 0 spiro atoms. The molecular weight excluding hydrogens is 472 g/mol. The van der Waals surface area contributed by atoms with Crippen molar-refractivity contribution in [3.05, 3.63) is 78.1 Å². The average Bonchev–Trinajstić information content (AvgIpc) is 3.51. The van der Waals surface area contributed by atoms with E-state index in [0.29, 0.717) is 54.7 Å². The molecule has 0 aliphatic carbocycles. The Morgan fingerprint density at radius 2 is 1.84 bits per heavy atom. The number of aliphatic hydroxyl groups excluding tert-OH is 1. The molecule has 0 bridgehead atoms. The van der Waals surface area contributed by atoms with Gasteiger partial charge in [-0.3, -0.25) is 14.6 Å². The van der Waals surface area contributed by atoms with Crippen molar-refractivity contribution in [3.8, 4) is 11.5 Å². The second-order valence-electron chi connectivity index (χ2n) is 9.32. The fraction of sp³-hybridized carbons (Fsp3) is 0.357. The third kappa shape index (κ3) is 5.82. The molecule has 3 heterocycles. The number of amides is 1. The van der Waals surface area contributed by atoms with E-state index in [1.807, 2.05) is 16.8 Å². The molecule has 194 valence electrons. The highest BCUT2D eigenvalue weighted by Crippen LogP contribution is 2.42. The van der Waals surface area contributed by atoms with Gasteiger partial charge in [-0.25, -0.2) is 4.98 Å². The van der Waals surface area contributed by atoms with Gasteiger partial charge < -0.3 is 24.0 Å². The number of aliphatic hydroxyl groups is 1. The normalized spacial score (nSPS) is 17.0. The second kappa shape index (κ2) is 11.7. The summed E-state index contributed by atoms with van der Waals surface area (Å²) in [6, 6.07) is 7.79. The Morgan fingerprint density at radius 1 is 1.05 bits per heavy atom. The third-order valence-electron chi connectivity index (χ3n) is 6.32. The van der Waals surface area contributed by atoms with Crippen LogP contribution in [0.5, 0.6) is 11.5 Å². The number of hydrogen-bond acceptors (Lipinski definition) is 7. The number of ketones is 1. The number of ether oxygens (including phenoxy) is 2. The number of pyridine rings is 1. The van der Waals surface area contributed by atoms with Crippen LogP contribution in [0.15, 0.2) is 67.0 Å². The molecule has 2 aromatic heterocycles. The number of methoxy groups -OCH3 is 1. The van der Waals surface area contributed by atoms with Gasteiger partial charge in [0.2, 0.25) is 0 Å². The lowest BCUT2D eigenvalue weighted by molar-refractivity contribution is -0.139. The Balaban J connectivity index is 1.71. The minimum absolute atomic E-state index is 0.0364. The minimum Gasteiger partial charge on any atom is -0.507 e. The Kier molecular flexibility index (Phi) is 8.22. The van der Waals surface area contributed by atoms with Gasteiger partial charge in [0.25, 0.3) is 11.7 Å². The van der Waals surface area contributed by atoms with Gasteiger partial charge in [0.1, 0.15) is 5.76 Å². The van der Waals surface area contributed by atoms with Crippen LogP contribution in [0, 0.1) is 5.92 Å². The quantitative estimate of drug-likeness (QED) is 0.237. The maximum atomic E-state index is 13.2. The molecule has 1 saturated heterocycles. The number of carbonyl (C=O) groups excluding carboxylic acids is 2. The Bertz CT molecular complexity index is 1250. The summed E-state index contributed by atoms with van der Waals surface area (Å²) in [6.45, 7) is 5.74. The topological polar surface area (TPSA) is 107 Å². The van der Waals surface area contributed by atoms with Crippen LogP contribution in [-0.4, -0.2) is 56.5 Å². The van der Waals surface area contributed by atoms with Gasteiger partial charge in [-0.15, -0.1) is 0 Å². The van der Waals surface area contributed by atoms with Gasteiger partial charge in [0.05, 0.1) is 31.7 Å². The van der Waals surface area contributed by atoms with Crippen LogP contribution in [0.3, 0.4) is 0 Å². The van der Waals surface area contributed by atoms with Crippen LogP contribution < -0.4 is 9.47 Å². The summed E-state index contributed by atoms with van der Waals surface area (Å²) in [5.41, 5.74) is 1.09. The van der Waals surface area contributed by atoms with Crippen molar-refractivity contribution in [1.82, 2.24) is 19.4 Å². The minimum atomic E-state index is -0.783. The molecule has 1 aliphatic heterocycles. The molecule has 37 heavy (non-hydrogen) atoms. The summed E-state index contributed by atoms with van der Waals surface area (Å²) >= 11 is 0. The highest BCUT2D eigenvalue weighted by atomic mass is 16.5. The molecule has 1 atom stereocenters. The molecule has 0 saturated carbocycles. The molecule has 1 N–H and O–H groups in total. The number of imidazole rings is 1. The van der Waals surface area contributed by atoms with Crippen molar-refractivity contribution in [3.63, 3.8) is 0 Å². The second-order valence-corrected chi connectivity index (χ2v) is 9.32. The van der Waals surface area contributed by atoms with E-state index < -0.39 is 17.7 Å². The third-order valence-corrected chi connectivity index (χ3v) is 6.32. The van der Waals surface area contributed by atoms with Crippen LogP contribution in [0.25, 0.3) is 5.76 Å². The smallest absolute Gasteiger partial charge is 0.295 e. The summed E-state index contributed by atoms with van der Waals surface area (Å²) in [5, 5.41) is 11.2. The first-order valence-electron chi connectivity index (χ1n) is 12.4. The van der Waals surface area contributed by atoms with Crippen molar-refractivity contribution in [2.45, 2.75) is 39.3 Å². The Hall–Kier alpha value is -4.14. The fourth-order valence-electron chi connectivity index (χ4n) is 4.34. The van der Waals surface area contributed by atoms with E-state index in [1.54, 1.807) is 43.9 Å². The van der Waals surface area contributed by atoms with Crippen molar-refractivity contribution in [2.75, 3.05) is 20.3 Å². The molecule has 9 nitrogen and oxygen atoms in total. The number of aryl methyl sites for hydroxylation is 1. The first kappa shape index (κ1) is 25.9. The van der Waals surface area contributed by atoms with Crippen LogP contribution in [0.4, 0.5) is 0 Å². The SMILES string of the molecule is COc1cc(C2C(=C(O)c3ccncc3)C(=O)C(=O)N2CCCn2ccnc2)ccc1OCCC(C)C. The zero-order valence-corrected chi connectivity index (χ0v) is 21.3. The zero-order chi connectivity index (χ0) is 26.4. The lowest BCUT2D eigenvalue weighted by atomic mass is 9.95. The van der Waals surface area contributed by atoms with E-state index in [-0.39, 0.29) is 11.3 Å². The van der Waals surface area contributed by atoms with E-state index in [2.05, 4.69) is 23.8 Å². The number of likely N-dealkylation sites (tertiary alicyclic amines) is 1. The van der Waals surface area contributed by atoms with Crippen LogP contribution in [0.1, 0.15) is 43.9 Å². The molecule has 1 amide bonds. The summed E-state index contributed by atoms with van der Waals surface area (Å²) in [4.78, 5) is 36.0. The average molecular weight is 505 g/mol. The molecule has 1 aromatic carbocycles. The summed E-state index contributed by atoms with van der Waals surface area (Å²) in [7, 11) is 1.55. The van der Waals surface area contributed by atoms with Crippen LogP contribution in [0.2, 0.25) is 0 Å². The van der Waals surface area contributed by atoms with Gasteiger partial charge in [0, 0.05) is 43.4 Å². The van der Waals surface area contributed by atoms with Gasteiger partial charge in [-0.2, -0.15) is 0 Å². The summed E-state index contributed by atoms with van der Waals surface area (Å²) < 4.78 is 13.4. The first-order valence-corrected chi connectivity index (χ1v) is 12.4. The molecule has 9 heteroatoms. The number of carbonyl (C=O) groups is 2. The molecule has 1 aliphatic rings. The molecule has 0 radical (unpaired) electrons. The lowest BCUT2D eigenvalue weighted by Crippen LogP contribution is -2.31. The maximum absolute atomic E-state index is 13.2. The van der Waals surface area contributed by atoms with E-state index >= 15 is 0 Å². The molecular formula is C28H32N4O5. The van der Waals surface area contributed by atoms with Gasteiger partial charge in [-0.05, 0) is 48.6 Å². The standard InChI is InChI=1S/C28H32N4O5/c1-19(2)9-16-37-22-6-5-21(17-23(22)36-3)25-24(26(33)20-7-10-29-11-8-20)27(34)28(35)32(25)14-4-13-31-15-12-30-18-31/h5-8,10-12,15,17-19,25,33H,4,9,13-14,16H2,1-3H3. The van der Waals surface area contributed by atoms with Gasteiger partial charge in [0.15, 0.2) is 11.5 Å². The Morgan fingerprint density at radius 3 is 2.51 bits per heavy atom. The zero-order valence-electron chi connectivity index (χ0n) is 21.3. The van der Waals surface area contributed by atoms with Gasteiger partial charge in [-0.1, -0.05) is 19.9 Å². The number of Topliss-reactive ketones (excluding diaryl/α,β-unsaturated/α-hetero) is 1. The highest BCUT2D eigenvalue weighted by Gasteiger charge is 2.46. The number of nitrogens with zero attached hydrogens (tertiary/aromatic N) is 4. The number of hydrogen-bond donors (Lipinski definition) is 1.